The first-order chi connectivity index (χ1) is 17.4. The molecule has 2 amide bonds. The lowest BCUT2D eigenvalue weighted by Gasteiger charge is -2.19. The van der Waals surface area contributed by atoms with Crippen molar-refractivity contribution >= 4 is 11.8 Å². The Hall–Kier alpha value is -4.86. The van der Waals surface area contributed by atoms with Gasteiger partial charge in [-0.3, -0.25) is 9.59 Å². The number of hydrogen-bond acceptors (Lipinski definition) is 8. The summed E-state index contributed by atoms with van der Waals surface area (Å²) in [6.45, 7) is 4.17. The average Bonchev–Trinajstić information content (AvgIpc) is 3.41. The molecule has 36 heavy (non-hydrogen) atoms. The number of fused-ring (bicyclic) bond motifs is 1. The third-order valence-corrected chi connectivity index (χ3v) is 5.63. The van der Waals surface area contributed by atoms with Crippen molar-refractivity contribution < 1.29 is 29.3 Å². The van der Waals surface area contributed by atoms with E-state index in [1.165, 1.54) is 28.9 Å². The summed E-state index contributed by atoms with van der Waals surface area (Å²) >= 11 is 0. The summed E-state index contributed by atoms with van der Waals surface area (Å²) in [5.74, 6) is -0.227. The van der Waals surface area contributed by atoms with Crippen LogP contribution < -0.4 is 14.5 Å². The Labute approximate surface area is 205 Å². The minimum absolute atomic E-state index is 0.0482. The Bertz CT molecular complexity index is 1350. The van der Waals surface area contributed by atoms with Crippen LogP contribution in [0.25, 0.3) is 22.8 Å². The van der Waals surface area contributed by atoms with E-state index in [9.17, 15) is 19.8 Å². The van der Waals surface area contributed by atoms with Crippen LogP contribution in [0.3, 0.4) is 0 Å². The van der Waals surface area contributed by atoms with Gasteiger partial charge >= 0.3 is 0 Å². The highest BCUT2D eigenvalue weighted by Gasteiger charge is 2.44. The lowest BCUT2D eigenvalue weighted by Crippen LogP contribution is -2.41. The Morgan fingerprint density at radius 3 is 1.42 bits per heavy atom. The third-order valence-electron chi connectivity index (χ3n) is 5.63. The number of carbonyl (C=O) groups excluding carboxylic acids is 2. The zero-order valence-corrected chi connectivity index (χ0v) is 19.5. The molecule has 1 aliphatic rings. The molecule has 0 unspecified atom stereocenters. The smallest absolute Gasteiger partial charge is 0.285 e. The van der Waals surface area contributed by atoms with E-state index in [0.717, 1.165) is 5.01 Å². The molecular formula is C26H22N4O6. The zero-order valence-electron chi connectivity index (χ0n) is 19.5. The molecule has 5 rings (SSSR count). The van der Waals surface area contributed by atoms with Crippen LogP contribution in [-0.4, -0.2) is 50.1 Å². The summed E-state index contributed by atoms with van der Waals surface area (Å²) in [6.07, 6.45) is 0. The van der Waals surface area contributed by atoms with Gasteiger partial charge in [-0.15, -0.1) is 10.2 Å². The molecule has 0 saturated carbocycles. The number of benzene rings is 3. The number of phenols is 2. The number of carbonyl (C=O) groups is 2. The van der Waals surface area contributed by atoms with Gasteiger partial charge in [0.2, 0.25) is 0 Å². The van der Waals surface area contributed by atoms with Crippen molar-refractivity contribution in [3.05, 3.63) is 71.8 Å². The maximum absolute atomic E-state index is 13.8. The van der Waals surface area contributed by atoms with E-state index < -0.39 is 11.8 Å². The van der Waals surface area contributed by atoms with Gasteiger partial charge < -0.3 is 19.7 Å². The van der Waals surface area contributed by atoms with Crippen molar-refractivity contribution in [2.75, 3.05) is 18.2 Å². The molecule has 0 bridgehead atoms. The number of rotatable bonds is 7. The molecule has 2 heterocycles. The van der Waals surface area contributed by atoms with Gasteiger partial charge in [0, 0.05) is 11.1 Å². The molecule has 0 spiro atoms. The molecular weight excluding hydrogens is 464 g/mol. The number of ether oxygens (including phenoxy) is 2. The van der Waals surface area contributed by atoms with Crippen molar-refractivity contribution in [2.45, 2.75) is 13.8 Å². The third kappa shape index (κ3) is 3.68. The first-order valence-corrected chi connectivity index (χ1v) is 11.3. The highest BCUT2D eigenvalue weighted by Crippen LogP contribution is 2.39. The number of hydrogen-bond donors (Lipinski definition) is 2. The Balaban J connectivity index is 1.74. The number of nitrogens with zero attached hydrogens (tertiary/aromatic N) is 4. The highest BCUT2D eigenvalue weighted by atomic mass is 16.5. The van der Waals surface area contributed by atoms with Gasteiger partial charge in [0.25, 0.3) is 11.8 Å². The summed E-state index contributed by atoms with van der Waals surface area (Å²) in [5.41, 5.74) is 1.21. The summed E-state index contributed by atoms with van der Waals surface area (Å²) < 4.78 is 12.7. The van der Waals surface area contributed by atoms with E-state index in [1.54, 1.807) is 50.2 Å². The Morgan fingerprint density at radius 1 is 0.667 bits per heavy atom. The van der Waals surface area contributed by atoms with Gasteiger partial charge in [0.1, 0.15) is 34.1 Å². The number of imide groups is 1. The minimum atomic E-state index is -0.625. The normalized spacial score (nSPS) is 12.7. The Morgan fingerprint density at radius 2 is 1.06 bits per heavy atom. The Kier molecular flexibility index (Phi) is 5.77. The fourth-order valence-electron chi connectivity index (χ4n) is 4.08. The summed E-state index contributed by atoms with van der Waals surface area (Å²) in [5, 5.41) is 29.0. The lowest BCUT2D eigenvalue weighted by molar-refractivity contribution is 0.0886. The van der Waals surface area contributed by atoms with Gasteiger partial charge in [-0.25, -0.2) is 4.68 Å². The fraction of sp³-hybridized carbons (Fsp3) is 0.154. The van der Waals surface area contributed by atoms with Crippen molar-refractivity contribution in [3.63, 3.8) is 0 Å². The second kappa shape index (κ2) is 9.06. The van der Waals surface area contributed by atoms with Crippen LogP contribution in [0.5, 0.6) is 23.0 Å². The molecule has 4 aromatic rings. The number of phenolic OH excluding ortho intramolecular Hbond substituents is 2. The number of aromatic hydroxyl groups is 2. The van der Waals surface area contributed by atoms with Crippen molar-refractivity contribution in [1.29, 1.82) is 0 Å². The standard InChI is InChI=1S/C26H22N4O6/c1-3-35-19-13-14-20(36-4-2)22-21(19)25(33)30(26(22)34)29-23(15-5-9-17(31)10-6-15)27-28-24(29)16-7-11-18(32)12-8-16/h5-14,31-32H,3-4H2,1-2H3. The van der Waals surface area contributed by atoms with E-state index in [2.05, 4.69) is 10.2 Å². The van der Waals surface area contributed by atoms with E-state index in [4.69, 9.17) is 9.47 Å². The zero-order chi connectivity index (χ0) is 25.4. The van der Waals surface area contributed by atoms with Crippen LogP contribution in [0.4, 0.5) is 0 Å². The SMILES string of the molecule is CCOc1ccc(OCC)c2c1C(=O)N(n1c(-c3ccc(O)cc3)nnc1-c1ccc(O)cc1)C2=O. The van der Waals surface area contributed by atoms with Crippen LogP contribution >= 0.6 is 0 Å². The van der Waals surface area contributed by atoms with Gasteiger partial charge in [-0.1, -0.05) is 0 Å². The largest absolute Gasteiger partial charge is 0.508 e. The first-order valence-electron chi connectivity index (χ1n) is 11.3. The van der Waals surface area contributed by atoms with Crippen molar-refractivity contribution in [2.24, 2.45) is 0 Å². The summed E-state index contributed by atoms with van der Waals surface area (Å²) in [6, 6.07) is 15.5. The average molecular weight is 486 g/mol. The van der Waals surface area contributed by atoms with E-state index in [1.807, 2.05) is 0 Å². The number of amides is 2. The summed E-state index contributed by atoms with van der Waals surface area (Å²) in [4.78, 5) is 27.7. The predicted octanol–water partition coefficient (Wildman–Crippen LogP) is 3.75. The predicted molar refractivity (Wildman–Crippen MR) is 130 cm³/mol. The molecule has 0 saturated heterocycles. The van der Waals surface area contributed by atoms with Crippen LogP contribution in [0.1, 0.15) is 34.6 Å². The summed E-state index contributed by atoms with van der Waals surface area (Å²) in [7, 11) is 0. The molecule has 3 aromatic carbocycles. The van der Waals surface area contributed by atoms with Gasteiger partial charge in [0.05, 0.1) is 13.2 Å². The molecule has 0 atom stereocenters. The van der Waals surface area contributed by atoms with Crippen LogP contribution in [0.2, 0.25) is 0 Å². The number of aromatic nitrogens is 3. The monoisotopic (exact) mass is 486 g/mol. The van der Waals surface area contributed by atoms with Crippen molar-refractivity contribution in [3.8, 4) is 45.8 Å². The highest BCUT2D eigenvalue weighted by molar-refractivity contribution is 6.33. The van der Waals surface area contributed by atoms with Gasteiger partial charge in [-0.2, -0.15) is 5.01 Å². The van der Waals surface area contributed by atoms with Crippen molar-refractivity contribution in [1.82, 2.24) is 14.9 Å². The van der Waals surface area contributed by atoms with E-state index in [0.29, 0.717) is 24.3 Å². The topological polar surface area (TPSA) is 127 Å². The molecule has 10 nitrogen and oxygen atoms in total. The van der Waals surface area contributed by atoms with Gasteiger partial charge in [0.15, 0.2) is 11.6 Å². The molecule has 0 aliphatic carbocycles. The molecule has 1 aliphatic heterocycles. The van der Waals surface area contributed by atoms with Crippen LogP contribution in [0, 0.1) is 0 Å². The molecule has 0 fully saturated rings. The second-order valence-corrected chi connectivity index (χ2v) is 7.85. The first kappa shape index (κ1) is 22.9. The van der Waals surface area contributed by atoms with E-state index in [-0.39, 0.29) is 45.8 Å². The van der Waals surface area contributed by atoms with Gasteiger partial charge in [-0.05, 0) is 74.5 Å². The molecule has 2 N–H and O–H groups in total. The fourth-order valence-corrected chi connectivity index (χ4v) is 4.08. The minimum Gasteiger partial charge on any atom is -0.508 e. The molecule has 1 aromatic heterocycles. The van der Waals surface area contributed by atoms with E-state index >= 15 is 0 Å². The second-order valence-electron chi connectivity index (χ2n) is 7.85. The molecule has 10 heteroatoms. The molecule has 0 radical (unpaired) electrons. The lowest BCUT2D eigenvalue weighted by atomic mass is 10.1. The maximum Gasteiger partial charge on any atom is 0.285 e. The maximum atomic E-state index is 13.8. The van der Waals surface area contributed by atoms with Crippen LogP contribution in [-0.2, 0) is 0 Å². The van der Waals surface area contributed by atoms with Crippen LogP contribution in [0.15, 0.2) is 60.7 Å². The molecule has 182 valence electrons. The quantitative estimate of drug-likeness (QED) is 0.378.